The summed E-state index contributed by atoms with van der Waals surface area (Å²) >= 11 is 0. The SMILES string of the molecule is CO[C@@H]1O[C@@H](COCc2ccccc2)C[C@@H](OCc2ccccc2)[C@H]1OCc1ccccc1. The zero-order valence-electron chi connectivity index (χ0n) is 19.0. The molecular formula is C28H32O5. The van der Waals surface area contributed by atoms with Gasteiger partial charge in [0.15, 0.2) is 6.29 Å². The Hall–Kier alpha value is -2.54. The molecule has 0 radical (unpaired) electrons. The highest BCUT2D eigenvalue weighted by molar-refractivity contribution is 5.15. The van der Waals surface area contributed by atoms with E-state index in [-0.39, 0.29) is 18.3 Å². The molecule has 5 heteroatoms. The average Bonchev–Trinajstić information content (AvgIpc) is 2.88. The van der Waals surface area contributed by atoms with Crippen molar-refractivity contribution in [2.24, 2.45) is 0 Å². The second-order valence-corrected chi connectivity index (χ2v) is 8.19. The maximum atomic E-state index is 6.36. The number of hydrogen-bond acceptors (Lipinski definition) is 5. The van der Waals surface area contributed by atoms with Crippen LogP contribution in [0.4, 0.5) is 0 Å². The zero-order valence-corrected chi connectivity index (χ0v) is 19.0. The first-order valence-electron chi connectivity index (χ1n) is 11.4. The monoisotopic (exact) mass is 448 g/mol. The van der Waals surface area contributed by atoms with Crippen LogP contribution in [0.1, 0.15) is 23.1 Å². The van der Waals surface area contributed by atoms with Gasteiger partial charge in [-0.15, -0.1) is 0 Å². The highest BCUT2D eigenvalue weighted by Gasteiger charge is 2.40. The Labute approximate surface area is 196 Å². The highest BCUT2D eigenvalue weighted by Crippen LogP contribution is 2.28. The Morgan fingerprint density at radius 3 is 1.76 bits per heavy atom. The molecule has 0 unspecified atom stereocenters. The van der Waals surface area contributed by atoms with Crippen molar-refractivity contribution in [1.82, 2.24) is 0 Å². The van der Waals surface area contributed by atoms with E-state index in [1.54, 1.807) is 7.11 Å². The first kappa shape index (κ1) is 23.6. The molecule has 0 N–H and O–H groups in total. The Bertz CT molecular complexity index is 919. The van der Waals surface area contributed by atoms with Crippen LogP contribution in [0.15, 0.2) is 91.0 Å². The lowest BCUT2D eigenvalue weighted by Crippen LogP contribution is -2.52. The normalized spacial score (nSPS) is 22.8. The van der Waals surface area contributed by atoms with Gasteiger partial charge in [0.25, 0.3) is 0 Å². The van der Waals surface area contributed by atoms with Gasteiger partial charge in [-0.05, 0) is 16.7 Å². The standard InChI is InChI=1S/C28H32O5/c1-29-28-27(32-20-24-15-9-4-10-16-24)26(31-19-23-13-7-3-8-14-23)17-25(33-28)21-30-18-22-11-5-2-6-12-22/h2-16,25-28H,17-21H2,1H3/t25-,26-,27-,28-/m1/s1. The second kappa shape index (κ2) is 12.6. The molecule has 0 aliphatic carbocycles. The third-order valence-electron chi connectivity index (χ3n) is 5.70. The fourth-order valence-corrected chi connectivity index (χ4v) is 3.96. The minimum atomic E-state index is -0.534. The topological polar surface area (TPSA) is 46.2 Å². The van der Waals surface area contributed by atoms with Crippen LogP contribution < -0.4 is 0 Å². The predicted molar refractivity (Wildman–Crippen MR) is 126 cm³/mol. The van der Waals surface area contributed by atoms with E-state index in [1.165, 1.54) is 0 Å². The first-order valence-corrected chi connectivity index (χ1v) is 11.4. The molecule has 4 rings (SSSR count). The van der Waals surface area contributed by atoms with E-state index in [2.05, 4.69) is 24.3 Å². The summed E-state index contributed by atoms with van der Waals surface area (Å²) in [6.45, 7) is 1.98. The minimum Gasteiger partial charge on any atom is -0.374 e. The summed E-state index contributed by atoms with van der Waals surface area (Å²) in [6, 6.07) is 30.4. The molecule has 1 aliphatic heterocycles. The summed E-state index contributed by atoms with van der Waals surface area (Å²) in [5.74, 6) is 0. The van der Waals surface area contributed by atoms with Gasteiger partial charge >= 0.3 is 0 Å². The van der Waals surface area contributed by atoms with Gasteiger partial charge in [0.05, 0.1) is 38.6 Å². The van der Waals surface area contributed by atoms with Crippen LogP contribution in [0.25, 0.3) is 0 Å². The summed E-state index contributed by atoms with van der Waals surface area (Å²) in [7, 11) is 1.64. The van der Waals surface area contributed by atoms with E-state index >= 15 is 0 Å². The van der Waals surface area contributed by atoms with Crippen LogP contribution >= 0.6 is 0 Å². The molecule has 4 atom stereocenters. The molecule has 3 aromatic carbocycles. The molecule has 0 aromatic heterocycles. The summed E-state index contributed by atoms with van der Waals surface area (Å²) < 4.78 is 30.5. The summed E-state index contributed by atoms with van der Waals surface area (Å²) in [5.41, 5.74) is 3.36. The molecule has 1 aliphatic rings. The number of ether oxygens (including phenoxy) is 5. The first-order chi connectivity index (χ1) is 16.3. The number of benzene rings is 3. The molecule has 5 nitrogen and oxygen atoms in total. The van der Waals surface area contributed by atoms with Crippen LogP contribution in [-0.2, 0) is 43.5 Å². The highest BCUT2D eigenvalue weighted by atomic mass is 16.7. The third-order valence-corrected chi connectivity index (χ3v) is 5.70. The van der Waals surface area contributed by atoms with Crippen molar-refractivity contribution < 1.29 is 23.7 Å². The van der Waals surface area contributed by atoms with Crippen LogP contribution in [0.5, 0.6) is 0 Å². The fraction of sp³-hybridized carbons (Fsp3) is 0.357. The lowest BCUT2D eigenvalue weighted by atomic mass is 10.0. The van der Waals surface area contributed by atoms with E-state index < -0.39 is 6.29 Å². The van der Waals surface area contributed by atoms with E-state index in [0.29, 0.717) is 32.8 Å². The van der Waals surface area contributed by atoms with Crippen LogP contribution in [0.3, 0.4) is 0 Å². The Morgan fingerprint density at radius 2 is 1.21 bits per heavy atom. The largest absolute Gasteiger partial charge is 0.374 e. The van der Waals surface area contributed by atoms with Crippen molar-refractivity contribution in [1.29, 1.82) is 0 Å². The molecule has 0 spiro atoms. The molecule has 33 heavy (non-hydrogen) atoms. The third kappa shape index (κ3) is 7.22. The van der Waals surface area contributed by atoms with Gasteiger partial charge in [0, 0.05) is 13.5 Å². The average molecular weight is 449 g/mol. The van der Waals surface area contributed by atoms with Gasteiger partial charge in [-0.2, -0.15) is 0 Å². The molecule has 0 saturated carbocycles. The quantitative estimate of drug-likeness (QED) is 0.407. The summed E-state index contributed by atoms with van der Waals surface area (Å²) in [5, 5.41) is 0. The second-order valence-electron chi connectivity index (χ2n) is 8.19. The molecule has 1 fully saturated rings. The predicted octanol–water partition coefficient (Wildman–Crippen LogP) is 5.14. The van der Waals surface area contributed by atoms with Gasteiger partial charge < -0.3 is 23.7 Å². The Balaban J connectivity index is 1.39. The van der Waals surface area contributed by atoms with E-state index in [4.69, 9.17) is 23.7 Å². The van der Waals surface area contributed by atoms with Crippen LogP contribution in [0, 0.1) is 0 Å². The van der Waals surface area contributed by atoms with Crippen molar-refractivity contribution in [2.45, 2.75) is 50.8 Å². The number of methoxy groups -OCH3 is 1. The van der Waals surface area contributed by atoms with Gasteiger partial charge in [0.1, 0.15) is 6.10 Å². The molecule has 1 saturated heterocycles. The molecule has 0 amide bonds. The summed E-state index contributed by atoms with van der Waals surface area (Å²) in [4.78, 5) is 0. The van der Waals surface area contributed by atoms with E-state index in [0.717, 1.165) is 16.7 Å². The minimum absolute atomic E-state index is 0.143. The fourth-order valence-electron chi connectivity index (χ4n) is 3.96. The maximum absolute atomic E-state index is 6.36. The molecule has 3 aromatic rings. The van der Waals surface area contributed by atoms with Crippen molar-refractivity contribution in [2.75, 3.05) is 13.7 Å². The lowest BCUT2D eigenvalue weighted by Gasteiger charge is -2.40. The molecular weight excluding hydrogens is 416 g/mol. The molecule has 0 bridgehead atoms. The lowest BCUT2D eigenvalue weighted by molar-refractivity contribution is -0.286. The number of hydrogen-bond donors (Lipinski definition) is 0. The summed E-state index contributed by atoms with van der Waals surface area (Å²) in [6.07, 6.45) is -0.534. The smallest absolute Gasteiger partial charge is 0.186 e. The van der Waals surface area contributed by atoms with Crippen molar-refractivity contribution in [3.05, 3.63) is 108 Å². The zero-order chi connectivity index (χ0) is 22.7. The van der Waals surface area contributed by atoms with Crippen LogP contribution in [0.2, 0.25) is 0 Å². The molecule has 174 valence electrons. The van der Waals surface area contributed by atoms with Gasteiger partial charge in [0.2, 0.25) is 0 Å². The van der Waals surface area contributed by atoms with Gasteiger partial charge in [-0.1, -0.05) is 91.0 Å². The van der Waals surface area contributed by atoms with Crippen molar-refractivity contribution in [3.8, 4) is 0 Å². The Kier molecular flexibility index (Phi) is 9.04. The van der Waals surface area contributed by atoms with E-state index in [9.17, 15) is 0 Å². The van der Waals surface area contributed by atoms with Gasteiger partial charge in [-0.3, -0.25) is 0 Å². The van der Waals surface area contributed by atoms with Crippen LogP contribution in [-0.4, -0.2) is 38.3 Å². The van der Waals surface area contributed by atoms with Gasteiger partial charge in [-0.25, -0.2) is 0 Å². The molecule has 1 heterocycles. The van der Waals surface area contributed by atoms with Crippen molar-refractivity contribution >= 4 is 0 Å². The maximum Gasteiger partial charge on any atom is 0.186 e. The van der Waals surface area contributed by atoms with E-state index in [1.807, 2.05) is 66.7 Å². The Morgan fingerprint density at radius 1 is 0.697 bits per heavy atom. The van der Waals surface area contributed by atoms with Crippen molar-refractivity contribution in [3.63, 3.8) is 0 Å². The number of rotatable bonds is 11.